The van der Waals surface area contributed by atoms with Crippen molar-refractivity contribution in [1.82, 2.24) is 5.32 Å². The fraction of sp³-hybridized carbons (Fsp3) is 0.350. The minimum absolute atomic E-state index is 0.0484. The van der Waals surface area contributed by atoms with Crippen molar-refractivity contribution in [2.75, 3.05) is 36.4 Å². The Kier molecular flexibility index (Phi) is 6.79. The van der Waals surface area contributed by atoms with Crippen molar-refractivity contribution in [3.8, 4) is 0 Å². The van der Waals surface area contributed by atoms with Crippen LogP contribution in [0.5, 0.6) is 0 Å². The summed E-state index contributed by atoms with van der Waals surface area (Å²) in [4.78, 5) is 36.0. The molecule has 1 amide bonds. The van der Waals surface area contributed by atoms with E-state index in [0.717, 1.165) is 32.4 Å². The second-order valence-electron chi connectivity index (χ2n) is 6.97. The number of nitro groups is 2. The Morgan fingerprint density at radius 2 is 1.63 bits per heavy atom. The van der Waals surface area contributed by atoms with Gasteiger partial charge < -0.3 is 15.5 Å². The van der Waals surface area contributed by atoms with Crippen LogP contribution in [0.2, 0.25) is 0 Å². The molecule has 0 aliphatic carbocycles. The Bertz CT molecular complexity index is 943. The van der Waals surface area contributed by atoms with Crippen LogP contribution in [-0.2, 0) is 0 Å². The molecule has 1 aliphatic rings. The number of rotatable bonds is 8. The number of hydrogen-bond acceptors (Lipinski definition) is 7. The highest BCUT2D eigenvalue weighted by molar-refractivity contribution is 5.95. The molecule has 0 atom stereocenters. The first-order valence-corrected chi connectivity index (χ1v) is 9.76. The topological polar surface area (TPSA) is 131 Å². The molecule has 10 nitrogen and oxygen atoms in total. The molecule has 0 radical (unpaired) electrons. The van der Waals surface area contributed by atoms with Crippen LogP contribution in [-0.4, -0.2) is 41.9 Å². The van der Waals surface area contributed by atoms with Crippen molar-refractivity contribution in [1.29, 1.82) is 0 Å². The number of benzene rings is 2. The number of nitrogens with one attached hydrogen (secondary N) is 2. The minimum atomic E-state index is -0.482. The van der Waals surface area contributed by atoms with Gasteiger partial charge in [-0.2, -0.15) is 0 Å². The van der Waals surface area contributed by atoms with Crippen molar-refractivity contribution in [2.45, 2.75) is 19.3 Å². The van der Waals surface area contributed by atoms with Gasteiger partial charge in [0.25, 0.3) is 17.3 Å². The van der Waals surface area contributed by atoms with Crippen LogP contribution in [0, 0.1) is 20.2 Å². The number of anilines is 2. The molecule has 0 unspecified atom stereocenters. The van der Waals surface area contributed by atoms with E-state index >= 15 is 0 Å². The summed E-state index contributed by atoms with van der Waals surface area (Å²) in [5, 5.41) is 28.1. The van der Waals surface area contributed by atoms with Crippen LogP contribution in [0.4, 0.5) is 22.7 Å². The summed E-state index contributed by atoms with van der Waals surface area (Å²) in [7, 11) is 0. The summed E-state index contributed by atoms with van der Waals surface area (Å²) >= 11 is 0. The van der Waals surface area contributed by atoms with Crippen molar-refractivity contribution in [3.05, 3.63) is 68.3 Å². The van der Waals surface area contributed by atoms with E-state index in [9.17, 15) is 25.0 Å². The third-order valence-corrected chi connectivity index (χ3v) is 4.96. The van der Waals surface area contributed by atoms with Crippen LogP contribution in [0.1, 0.15) is 29.6 Å². The monoisotopic (exact) mass is 413 g/mol. The van der Waals surface area contributed by atoms with Crippen LogP contribution in [0.15, 0.2) is 42.5 Å². The lowest BCUT2D eigenvalue weighted by molar-refractivity contribution is -0.384. The summed E-state index contributed by atoms with van der Waals surface area (Å²) in [6.45, 7) is 2.00. The summed E-state index contributed by atoms with van der Waals surface area (Å²) < 4.78 is 0. The predicted molar refractivity (Wildman–Crippen MR) is 113 cm³/mol. The number of piperidine rings is 1. The smallest absolute Gasteiger partial charge is 0.293 e. The van der Waals surface area contributed by atoms with Crippen LogP contribution in [0.3, 0.4) is 0 Å². The Hall–Kier alpha value is -3.69. The van der Waals surface area contributed by atoms with E-state index in [1.54, 1.807) is 30.3 Å². The minimum Gasteiger partial charge on any atom is -0.378 e. The normalized spacial score (nSPS) is 13.5. The average molecular weight is 413 g/mol. The lowest BCUT2D eigenvalue weighted by atomic mass is 10.1. The van der Waals surface area contributed by atoms with Crippen molar-refractivity contribution in [2.24, 2.45) is 0 Å². The molecule has 1 saturated heterocycles. The molecule has 1 heterocycles. The Morgan fingerprint density at radius 3 is 2.33 bits per heavy atom. The third kappa shape index (κ3) is 5.02. The van der Waals surface area contributed by atoms with Gasteiger partial charge in [-0.15, -0.1) is 0 Å². The van der Waals surface area contributed by atoms with Crippen LogP contribution < -0.4 is 15.5 Å². The van der Waals surface area contributed by atoms with Gasteiger partial charge >= 0.3 is 0 Å². The fourth-order valence-corrected chi connectivity index (χ4v) is 3.47. The SMILES string of the molecule is O=C(NCCNc1ccccc1[N+](=O)[O-])c1ccc(N2CCCCC2)c([N+](=O)[O-])c1. The number of para-hydroxylation sites is 2. The van der Waals surface area contributed by atoms with Gasteiger partial charge in [-0.3, -0.25) is 25.0 Å². The molecule has 1 aliphatic heterocycles. The largest absolute Gasteiger partial charge is 0.378 e. The molecule has 30 heavy (non-hydrogen) atoms. The van der Waals surface area contributed by atoms with E-state index in [1.807, 2.05) is 4.90 Å². The molecule has 0 aromatic heterocycles. The first-order valence-electron chi connectivity index (χ1n) is 9.76. The number of hydrogen-bond donors (Lipinski definition) is 2. The van der Waals surface area contributed by atoms with Gasteiger partial charge in [-0.25, -0.2) is 0 Å². The van der Waals surface area contributed by atoms with E-state index in [4.69, 9.17) is 0 Å². The molecule has 10 heteroatoms. The molecule has 0 spiro atoms. The standard InChI is InChI=1S/C20H23N5O5/c26-20(22-11-10-21-16-6-2-3-7-17(16)24(27)28)15-8-9-18(19(14-15)25(29)30)23-12-4-1-5-13-23/h2-3,6-9,14,21H,1,4-5,10-13H2,(H,22,26). The van der Waals surface area contributed by atoms with Gasteiger partial charge in [-0.1, -0.05) is 12.1 Å². The fourth-order valence-electron chi connectivity index (χ4n) is 3.47. The first-order chi connectivity index (χ1) is 14.5. The Labute approximate surface area is 173 Å². The molecular formula is C20H23N5O5. The summed E-state index contributed by atoms with van der Waals surface area (Å²) in [6.07, 6.45) is 3.10. The molecular weight excluding hydrogens is 390 g/mol. The number of carbonyl (C=O) groups excluding carboxylic acids is 1. The molecule has 158 valence electrons. The van der Waals surface area contributed by atoms with Crippen molar-refractivity contribution < 1.29 is 14.6 Å². The third-order valence-electron chi connectivity index (χ3n) is 4.96. The van der Waals surface area contributed by atoms with Gasteiger partial charge in [0.1, 0.15) is 11.4 Å². The molecule has 2 aromatic rings. The van der Waals surface area contributed by atoms with Crippen molar-refractivity contribution in [3.63, 3.8) is 0 Å². The van der Waals surface area contributed by atoms with E-state index in [2.05, 4.69) is 10.6 Å². The van der Waals surface area contributed by atoms with Crippen molar-refractivity contribution >= 4 is 28.7 Å². The van der Waals surface area contributed by atoms with E-state index in [1.165, 1.54) is 12.1 Å². The second-order valence-corrected chi connectivity index (χ2v) is 6.97. The lowest BCUT2D eigenvalue weighted by Crippen LogP contribution is -2.31. The summed E-state index contributed by atoms with van der Waals surface area (Å²) in [6, 6.07) is 10.7. The molecule has 1 fully saturated rings. The quantitative estimate of drug-likeness (QED) is 0.385. The second kappa shape index (κ2) is 9.68. The molecule has 0 bridgehead atoms. The maximum atomic E-state index is 12.4. The highest BCUT2D eigenvalue weighted by atomic mass is 16.6. The number of nitrogens with zero attached hydrogens (tertiary/aromatic N) is 3. The van der Waals surface area contributed by atoms with Gasteiger partial charge in [0.05, 0.1) is 9.85 Å². The van der Waals surface area contributed by atoms with Gasteiger partial charge in [0.2, 0.25) is 0 Å². The molecule has 3 rings (SSSR count). The highest BCUT2D eigenvalue weighted by Gasteiger charge is 2.23. The van der Waals surface area contributed by atoms with Gasteiger partial charge in [0.15, 0.2) is 0 Å². The van der Waals surface area contributed by atoms with E-state index in [0.29, 0.717) is 11.4 Å². The van der Waals surface area contributed by atoms with E-state index in [-0.39, 0.29) is 30.0 Å². The predicted octanol–water partition coefficient (Wildman–Crippen LogP) is 3.34. The van der Waals surface area contributed by atoms with E-state index < -0.39 is 15.8 Å². The maximum Gasteiger partial charge on any atom is 0.293 e. The van der Waals surface area contributed by atoms with Gasteiger partial charge in [0, 0.05) is 43.9 Å². The zero-order chi connectivity index (χ0) is 21.5. The zero-order valence-corrected chi connectivity index (χ0v) is 16.4. The van der Waals surface area contributed by atoms with Crippen LogP contribution in [0.25, 0.3) is 0 Å². The lowest BCUT2D eigenvalue weighted by Gasteiger charge is -2.28. The number of amides is 1. The molecule has 2 aromatic carbocycles. The van der Waals surface area contributed by atoms with Crippen LogP contribution >= 0.6 is 0 Å². The average Bonchev–Trinajstić information content (AvgIpc) is 2.77. The maximum absolute atomic E-state index is 12.4. The summed E-state index contributed by atoms with van der Waals surface area (Å²) in [5.74, 6) is -0.437. The molecule has 0 saturated carbocycles. The van der Waals surface area contributed by atoms with Gasteiger partial charge in [-0.05, 0) is 37.5 Å². The number of nitro benzene ring substituents is 2. The Balaban J connectivity index is 1.61. The first kappa shape index (κ1) is 21.0. The summed E-state index contributed by atoms with van der Waals surface area (Å²) in [5.41, 5.74) is 0.969. The Morgan fingerprint density at radius 1 is 0.933 bits per heavy atom. The highest BCUT2D eigenvalue weighted by Crippen LogP contribution is 2.31. The molecule has 2 N–H and O–H groups in total. The number of carbonyl (C=O) groups is 1. The zero-order valence-electron chi connectivity index (χ0n) is 16.4.